The van der Waals surface area contributed by atoms with E-state index in [4.69, 9.17) is 4.52 Å². The lowest BCUT2D eigenvalue weighted by Crippen LogP contribution is -2.43. The van der Waals surface area contributed by atoms with Crippen molar-refractivity contribution < 1.29 is 14.1 Å². The van der Waals surface area contributed by atoms with E-state index in [2.05, 4.69) is 10.1 Å². The van der Waals surface area contributed by atoms with Crippen LogP contribution in [-0.2, 0) is 10.2 Å². The Kier molecular flexibility index (Phi) is 5.25. The zero-order valence-corrected chi connectivity index (χ0v) is 18.1. The Balaban J connectivity index is 1.46. The Morgan fingerprint density at radius 1 is 1.00 bits per heavy atom. The van der Waals surface area contributed by atoms with Crippen LogP contribution in [0.5, 0.6) is 0 Å². The third-order valence-electron chi connectivity index (χ3n) is 6.48. The third kappa shape index (κ3) is 3.68. The van der Waals surface area contributed by atoms with Gasteiger partial charge in [0.1, 0.15) is 6.04 Å². The van der Waals surface area contributed by atoms with E-state index in [0.29, 0.717) is 43.3 Å². The topological polar surface area (TPSA) is 79.5 Å². The summed E-state index contributed by atoms with van der Waals surface area (Å²) in [5, 5.41) is 3.94. The molecule has 1 saturated heterocycles. The lowest BCUT2D eigenvalue weighted by atomic mass is 9.94. The summed E-state index contributed by atoms with van der Waals surface area (Å²) in [7, 11) is 0. The Labute approximate surface area is 187 Å². The number of benzene rings is 2. The molecule has 1 saturated carbocycles. The first-order valence-corrected chi connectivity index (χ1v) is 11.1. The number of carbonyl (C=O) groups is 2. The summed E-state index contributed by atoms with van der Waals surface area (Å²) in [6.45, 7) is 3.20. The Morgan fingerprint density at radius 2 is 1.69 bits per heavy atom. The average molecular weight is 431 g/mol. The van der Waals surface area contributed by atoms with Crippen LogP contribution in [0, 0.1) is 6.92 Å². The fraction of sp³-hybridized carbons (Fsp3) is 0.360. The molecule has 2 aliphatic rings. The molecule has 1 unspecified atom stereocenters. The zero-order valence-electron chi connectivity index (χ0n) is 18.1. The highest BCUT2D eigenvalue weighted by molar-refractivity contribution is 5.95. The van der Waals surface area contributed by atoms with Crippen LogP contribution in [0.2, 0.25) is 0 Å². The average Bonchev–Trinajstić information content (AvgIpc) is 3.58. The number of hydrogen-bond acceptors (Lipinski definition) is 5. The Hall–Kier alpha value is -3.48. The summed E-state index contributed by atoms with van der Waals surface area (Å²) in [6, 6.07) is 18.7. The van der Waals surface area contributed by atoms with Gasteiger partial charge in [-0.1, -0.05) is 53.7 Å². The second-order valence-electron chi connectivity index (χ2n) is 8.61. The summed E-state index contributed by atoms with van der Waals surface area (Å²) >= 11 is 0. The third-order valence-corrected chi connectivity index (χ3v) is 6.48. The highest BCUT2D eigenvalue weighted by Crippen LogP contribution is 2.50. The lowest BCUT2D eigenvalue weighted by Gasteiger charge is -2.31. The first-order valence-electron chi connectivity index (χ1n) is 11.1. The molecule has 0 spiro atoms. The molecule has 0 radical (unpaired) electrons. The van der Waals surface area contributed by atoms with E-state index < -0.39 is 11.5 Å². The molecule has 7 heteroatoms. The molecule has 2 amide bonds. The van der Waals surface area contributed by atoms with Crippen molar-refractivity contribution in [2.24, 2.45) is 0 Å². The van der Waals surface area contributed by atoms with Gasteiger partial charge in [-0.15, -0.1) is 0 Å². The summed E-state index contributed by atoms with van der Waals surface area (Å²) in [5.41, 5.74) is 1.22. The van der Waals surface area contributed by atoms with Crippen molar-refractivity contribution in [3.63, 3.8) is 0 Å². The molecule has 1 aliphatic carbocycles. The predicted octanol–water partition coefficient (Wildman–Crippen LogP) is 3.53. The Morgan fingerprint density at radius 3 is 2.31 bits per heavy atom. The largest absolute Gasteiger partial charge is 0.339 e. The van der Waals surface area contributed by atoms with Crippen LogP contribution in [0.25, 0.3) is 0 Å². The first-order chi connectivity index (χ1) is 15.6. The summed E-state index contributed by atoms with van der Waals surface area (Å²) in [6.07, 6.45) is 2.39. The van der Waals surface area contributed by atoms with Gasteiger partial charge < -0.3 is 14.3 Å². The quantitative estimate of drug-likeness (QED) is 0.633. The molecule has 164 valence electrons. The monoisotopic (exact) mass is 430 g/mol. The summed E-state index contributed by atoms with van der Waals surface area (Å²) in [5.74, 6) is 0.914. The molecule has 1 atom stereocenters. The molecule has 1 aliphatic heterocycles. The van der Waals surface area contributed by atoms with E-state index >= 15 is 0 Å². The standard InChI is InChI=1S/C25H26N4O3/c1-18-26-22(32-27-18)21-17-28(24(31)25(13-14-25)20-11-6-3-7-12-20)15-8-16-29(21)23(30)19-9-4-2-5-10-19/h2-7,9-12,21H,8,13-17H2,1H3. The molecule has 32 heavy (non-hydrogen) atoms. The van der Waals surface area contributed by atoms with E-state index in [1.165, 1.54) is 0 Å². The summed E-state index contributed by atoms with van der Waals surface area (Å²) < 4.78 is 5.50. The molecule has 7 nitrogen and oxygen atoms in total. The molecule has 2 fully saturated rings. The maximum Gasteiger partial charge on any atom is 0.254 e. The van der Waals surface area contributed by atoms with E-state index in [1.54, 1.807) is 24.0 Å². The SMILES string of the molecule is Cc1noc(C2CN(C(=O)C3(c4ccccc4)CC3)CCCN2C(=O)c2ccccc2)n1. The van der Waals surface area contributed by atoms with Crippen molar-refractivity contribution >= 4 is 11.8 Å². The highest BCUT2D eigenvalue weighted by Gasteiger charge is 2.53. The van der Waals surface area contributed by atoms with Crippen LogP contribution in [0.4, 0.5) is 0 Å². The normalized spacial score (nSPS) is 20.0. The van der Waals surface area contributed by atoms with Crippen LogP contribution >= 0.6 is 0 Å². The van der Waals surface area contributed by atoms with Gasteiger partial charge in [-0.2, -0.15) is 4.98 Å². The van der Waals surface area contributed by atoms with Crippen molar-refractivity contribution in [3.05, 3.63) is 83.5 Å². The fourth-order valence-electron chi connectivity index (χ4n) is 4.63. The van der Waals surface area contributed by atoms with E-state index in [9.17, 15) is 9.59 Å². The van der Waals surface area contributed by atoms with Gasteiger partial charge in [0, 0.05) is 18.7 Å². The second kappa shape index (κ2) is 8.22. The number of aryl methyl sites for hydroxylation is 1. The van der Waals surface area contributed by atoms with Crippen LogP contribution in [0.15, 0.2) is 65.2 Å². The molecule has 2 heterocycles. The Bertz CT molecular complexity index is 1110. The highest BCUT2D eigenvalue weighted by atomic mass is 16.5. The van der Waals surface area contributed by atoms with E-state index in [1.807, 2.05) is 53.4 Å². The maximum absolute atomic E-state index is 13.7. The summed E-state index contributed by atoms with van der Waals surface area (Å²) in [4.78, 5) is 35.2. The molecule has 2 aromatic carbocycles. The fourth-order valence-corrected chi connectivity index (χ4v) is 4.63. The minimum absolute atomic E-state index is 0.0926. The van der Waals surface area contributed by atoms with Gasteiger partial charge >= 0.3 is 0 Å². The van der Waals surface area contributed by atoms with Crippen LogP contribution in [0.3, 0.4) is 0 Å². The number of aromatic nitrogens is 2. The molecule has 1 aromatic heterocycles. The van der Waals surface area contributed by atoms with Gasteiger partial charge in [0.2, 0.25) is 5.91 Å². The molecule has 0 bridgehead atoms. The number of nitrogens with zero attached hydrogens (tertiary/aromatic N) is 4. The zero-order chi connectivity index (χ0) is 22.1. The number of rotatable bonds is 4. The first kappa shape index (κ1) is 20.4. The molecule has 3 aromatic rings. The van der Waals surface area contributed by atoms with Gasteiger partial charge in [-0.3, -0.25) is 9.59 Å². The number of carbonyl (C=O) groups excluding carboxylic acids is 2. The number of amides is 2. The molecular weight excluding hydrogens is 404 g/mol. The molecular formula is C25H26N4O3. The van der Waals surface area contributed by atoms with Crippen molar-refractivity contribution in [2.75, 3.05) is 19.6 Å². The minimum Gasteiger partial charge on any atom is -0.339 e. The van der Waals surface area contributed by atoms with Crippen LogP contribution < -0.4 is 0 Å². The van der Waals surface area contributed by atoms with Crippen LogP contribution in [0.1, 0.15) is 52.9 Å². The lowest BCUT2D eigenvalue weighted by molar-refractivity contribution is -0.134. The van der Waals surface area contributed by atoms with Gasteiger partial charge in [-0.25, -0.2) is 0 Å². The second-order valence-corrected chi connectivity index (χ2v) is 8.61. The van der Waals surface area contributed by atoms with Crippen molar-refractivity contribution in [1.82, 2.24) is 19.9 Å². The smallest absolute Gasteiger partial charge is 0.254 e. The van der Waals surface area contributed by atoms with Crippen LogP contribution in [-0.4, -0.2) is 51.4 Å². The van der Waals surface area contributed by atoms with Crippen molar-refractivity contribution in [2.45, 2.75) is 37.6 Å². The van der Waals surface area contributed by atoms with Gasteiger partial charge in [0.25, 0.3) is 11.8 Å². The van der Waals surface area contributed by atoms with E-state index in [0.717, 1.165) is 18.4 Å². The maximum atomic E-state index is 13.7. The van der Waals surface area contributed by atoms with Gasteiger partial charge in [-0.05, 0) is 43.9 Å². The van der Waals surface area contributed by atoms with Gasteiger partial charge in [0.15, 0.2) is 5.82 Å². The molecule has 0 N–H and O–H groups in total. The van der Waals surface area contributed by atoms with Crippen molar-refractivity contribution in [1.29, 1.82) is 0 Å². The minimum atomic E-state index is -0.484. The predicted molar refractivity (Wildman–Crippen MR) is 118 cm³/mol. The van der Waals surface area contributed by atoms with Crippen molar-refractivity contribution in [3.8, 4) is 0 Å². The number of hydrogen-bond donors (Lipinski definition) is 0. The van der Waals surface area contributed by atoms with E-state index in [-0.39, 0.29) is 11.8 Å². The van der Waals surface area contributed by atoms with Gasteiger partial charge in [0.05, 0.1) is 12.0 Å². The molecule has 5 rings (SSSR count).